The molecule has 0 saturated heterocycles. The number of rotatable bonds is 3. The Morgan fingerprint density at radius 1 is 1.33 bits per heavy atom. The number of aromatic nitrogens is 3. The molecular weight excluding hydrogens is 316 g/mol. The van der Waals surface area contributed by atoms with E-state index < -0.39 is 20.9 Å². The minimum atomic E-state index is -3.63. The summed E-state index contributed by atoms with van der Waals surface area (Å²) in [6.45, 7) is 1.84. The number of nitrogens with one attached hydrogen (secondary N) is 1. The van der Waals surface area contributed by atoms with Gasteiger partial charge >= 0.3 is 0 Å². The Kier molecular flexibility index (Phi) is 4.19. The van der Waals surface area contributed by atoms with Crippen LogP contribution < -0.4 is 5.32 Å². The number of carbonyl (C=O) groups excluding carboxylic acids is 1. The van der Waals surface area contributed by atoms with Crippen molar-refractivity contribution in [2.75, 3.05) is 11.6 Å². The molecule has 0 aromatic carbocycles. The molecular formula is C12H11ClN4O3S. The number of aryl methyl sites for hydroxylation is 1. The molecule has 21 heavy (non-hydrogen) atoms. The van der Waals surface area contributed by atoms with Crippen molar-refractivity contribution in [3.63, 3.8) is 0 Å². The number of hydrogen-bond acceptors (Lipinski definition) is 6. The van der Waals surface area contributed by atoms with E-state index in [9.17, 15) is 13.2 Å². The number of anilines is 1. The highest BCUT2D eigenvalue weighted by atomic mass is 35.5. The quantitative estimate of drug-likeness (QED) is 0.857. The van der Waals surface area contributed by atoms with Gasteiger partial charge in [0.2, 0.25) is 15.0 Å². The molecule has 9 heteroatoms. The topological polar surface area (TPSA) is 102 Å². The lowest BCUT2D eigenvalue weighted by Crippen LogP contribution is -2.17. The van der Waals surface area contributed by atoms with Crippen molar-refractivity contribution in [2.45, 2.75) is 12.1 Å². The maximum atomic E-state index is 12.1. The van der Waals surface area contributed by atoms with Crippen LogP contribution in [-0.2, 0) is 9.84 Å². The van der Waals surface area contributed by atoms with E-state index in [-0.39, 0.29) is 10.7 Å². The Bertz CT molecular complexity index is 808. The Balaban J connectivity index is 2.35. The summed E-state index contributed by atoms with van der Waals surface area (Å²) in [5, 5.41) is 1.99. The van der Waals surface area contributed by atoms with Crippen LogP contribution in [0.1, 0.15) is 16.1 Å². The lowest BCUT2D eigenvalue weighted by atomic mass is 10.3. The molecule has 110 valence electrons. The number of nitrogens with zero attached hydrogens (tertiary/aromatic N) is 3. The lowest BCUT2D eigenvalue weighted by Gasteiger charge is -2.06. The van der Waals surface area contributed by atoms with Gasteiger partial charge in [0.1, 0.15) is 5.82 Å². The van der Waals surface area contributed by atoms with E-state index in [1.165, 1.54) is 6.20 Å². The standard InChI is InChI=1S/C12H11ClN4O3S/c1-7-3-4-14-9(5-7)16-11(18)10-8(13)6-15-12(17-10)21(2,19)20/h3-6H,1-2H3,(H,14,16,18). The van der Waals surface area contributed by atoms with E-state index >= 15 is 0 Å². The first kappa shape index (κ1) is 15.3. The Morgan fingerprint density at radius 3 is 2.67 bits per heavy atom. The number of pyridine rings is 1. The molecule has 0 spiro atoms. The molecule has 0 fully saturated rings. The van der Waals surface area contributed by atoms with Crippen LogP contribution in [0.3, 0.4) is 0 Å². The Hall–Kier alpha value is -2.06. The summed E-state index contributed by atoms with van der Waals surface area (Å²) in [6.07, 6.45) is 3.55. The molecule has 2 aromatic heterocycles. The highest BCUT2D eigenvalue weighted by Gasteiger charge is 2.19. The summed E-state index contributed by atoms with van der Waals surface area (Å²) in [6, 6.07) is 3.43. The molecule has 2 aromatic rings. The maximum absolute atomic E-state index is 12.1. The summed E-state index contributed by atoms with van der Waals surface area (Å²) in [5.41, 5.74) is 0.682. The predicted molar refractivity (Wildman–Crippen MR) is 77.1 cm³/mol. The minimum absolute atomic E-state index is 0.0486. The first-order chi connectivity index (χ1) is 9.77. The van der Waals surface area contributed by atoms with Crippen molar-refractivity contribution in [1.82, 2.24) is 15.0 Å². The van der Waals surface area contributed by atoms with Crippen molar-refractivity contribution in [3.8, 4) is 0 Å². The van der Waals surface area contributed by atoms with Crippen molar-refractivity contribution in [3.05, 3.63) is 40.8 Å². The van der Waals surface area contributed by atoms with Gasteiger partial charge in [-0.05, 0) is 24.6 Å². The monoisotopic (exact) mass is 326 g/mol. The van der Waals surface area contributed by atoms with E-state index in [4.69, 9.17) is 11.6 Å². The van der Waals surface area contributed by atoms with Crippen LogP contribution in [0.15, 0.2) is 29.7 Å². The molecule has 0 bridgehead atoms. The van der Waals surface area contributed by atoms with Crippen molar-refractivity contribution < 1.29 is 13.2 Å². The molecule has 0 unspecified atom stereocenters. The minimum Gasteiger partial charge on any atom is -0.305 e. The van der Waals surface area contributed by atoms with Crippen LogP contribution in [0.4, 0.5) is 5.82 Å². The third-order valence-corrected chi connectivity index (χ3v) is 3.56. The van der Waals surface area contributed by atoms with Gasteiger partial charge in [-0.25, -0.2) is 23.4 Å². The van der Waals surface area contributed by atoms with Gasteiger partial charge < -0.3 is 5.32 Å². The van der Waals surface area contributed by atoms with E-state index in [0.29, 0.717) is 5.82 Å². The lowest BCUT2D eigenvalue weighted by molar-refractivity contribution is 0.102. The molecule has 0 atom stereocenters. The molecule has 0 aliphatic heterocycles. The van der Waals surface area contributed by atoms with Crippen LogP contribution in [0, 0.1) is 6.92 Å². The number of sulfone groups is 1. The van der Waals surface area contributed by atoms with Gasteiger partial charge in [-0.15, -0.1) is 0 Å². The Labute approximate surface area is 126 Å². The highest BCUT2D eigenvalue weighted by Crippen LogP contribution is 2.16. The molecule has 0 radical (unpaired) electrons. The predicted octanol–water partition coefficient (Wildman–Crippen LogP) is 1.49. The molecule has 1 N–H and O–H groups in total. The van der Waals surface area contributed by atoms with Crippen molar-refractivity contribution in [2.24, 2.45) is 0 Å². The van der Waals surface area contributed by atoms with Crippen LogP contribution in [-0.4, -0.2) is 35.5 Å². The third kappa shape index (κ3) is 3.73. The van der Waals surface area contributed by atoms with E-state index in [2.05, 4.69) is 20.3 Å². The first-order valence-electron chi connectivity index (χ1n) is 5.74. The number of carbonyl (C=O) groups is 1. The largest absolute Gasteiger partial charge is 0.305 e. The first-order valence-corrected chi connectivity index (χ1v) is 8.01. The zero-order chi connectivity index (χ0) is 15.6. The van der Waals surface area contributed by atoms with Crippen molar-refractivity contribution in [1.29, 1.82) is 0 Å². The SMILES string of the molecule is Cc1ccnc(NC(=O)c2nc(S(C)(=O)=O)ncc2Cl)c1. The summed E-state index contributed by atoms with van der Waals surface area (Å²) >= 11 is 5.84. The normalized spacial score (nSPS) is 11.2. The smallest absolute Gasteiger partial charge is 0.277 e. The van der Waals surface area contributed by atoms with E-state index in [0.717, 1.165) is 18.0 Å². The number of halogens is 1. The zero-order valence-electron chi connectivity index (χ0n) is 11.2. The van der Waals surface area contributed by atoms with Gasteiger partial charge in [0.15, 0.2) is 5.69 Å². The number of amides is 1. The van der Waals surface area contributed by atoms with Crippen LogP contribution in [0.2, 0.25) is 5.02 Å². The van der Waals surface area contributed by atoms with E-state index in [1.807, 2.05) is 6.92 Å². The molecule has 2 heterocycles. The van der Waals surface area contributed by atoms with Gasteiger partial charge in [0.25, 0.3) is 5.91 Å². The van der Waals surface area contributed by atoms with Gasteiger partial charge in [0, 0.05) is 12.5 Å². The maximum Gasteiger partial charge on any atom is 0.277 e. The second-order valence-corrected chi connectivity index (χ2v) is 6.61. The van der Waals surface area contributed by atoms with Crippen molar-refractivity contribution >= 4 is 33.2 Å². The average molecular weight is 327 g/mol. The molecule has 0 aliphatic carbocycles. The van der Waals surface area contributed by atoms with Crippen LogP contribution in [0.5, 0.6) is 0 Å². The fraction of sp³-hybridized carbons (Fsp3) is 0.167. The van der Waals surface area contributed by atoms with Crippen LogP contribution >= 0.6 is 11.6 Å². The second kappa shape index (κ2) is 5.74. The summed E-state index contributed by atoms with van der Waals surface area (Å²) in [4.78, 5) is 23.4. The van der Waals surface area contributed by atoms with E-state index in [1.54, 1.807) is 12.1 Å². The van der Waals surface area contributed by atoms with Gasteiger partial charge in [0.05, 0.1) is 11.2 Å². The number of hydrogen-bond donors (Lipinski definition) is 1. The van der Waals surface area contributed by atoms with Gasteiger partial charge in [-0.1, -0.05) is 11.6 Å². The summed E-state index contributed by atoms with van der Waals surface area (Å²) in [5.74, 6) is -0.346. The van der Waals surface area contributed by atoms with Crippen LogP contribution in [0.25, 0.3) is 0 Å². The third-order valence-electron chi connectivity index (χ3n) is 2.43. The average Bonchev–Trinajstić information content (AvgIpc) is 2.37. The molecule has 2 rings (SSSR count). The fourth-order valence-electron chi connectivity index (χ4n) is 1.47. The molecule has 7 nitrogen and oxygen atoms in total. The molecule has 0 saturated carbocycles. The fourth-order valence-corrected chi connectivity index (χ4v) is 2.15. The second-order valence-electron chi connectivity index (χ2n) is 4.29. The highest BCUT2D eigenvalue weighted by molar-refractivity contribution is 7.90. The van der Waals surface area contributed by atoms with Gasteiger partial charge in [-0.3, -0.25) is 4.79 Å². The molecule has 1 amide bonds. The van der Waals surface area contributed by atoms with Gasteiger partial charge in [-0.2, -0.15) is 0 Å². The molecule has 0 aliphatic rings. The summed E-state index contributed by atoms with van der Waals surface area (Å²) < 4.78 is 22.8. The summed E-state index contributed by atoms with van der Waals surface area (Å²) in [7, 11) is -3.63. The zero-order valence-corrected chi connectivity index (χ0v) is 12.7. The Morgan fingerprint density at radius 2 is 2.05 bits per heavy atom.